The lowest BCUT2D eigenvalue weighted by atomic mass is 10.2. The number of anilines is 1. The van der Waals surface area contributed by atoms with Gasteiger partial charge in [-0.05, 0) is 18.6 Å². The van der Waals surface area contributed by atoms with Crippen LogP contribution in [0.2, 0.25) is 0 Å². The molecule has 0 bridgehead atoms. The van der Waals surface area contributed by atoms with Crippen molar-refractivity contribution < 1.29 is 4.79 Å². The molecule has 0 fully saturated rings. The van der Waals surface area contributed by atoms with Gasteiger partial charge in [-0.15, -0.1) is 0 Å². The summed E-state index contributed by atoms with van der Waals surface area (Å²) in [5.74, 6) is -0.204. The molecule has 0 saturated heterocycles. The predicted octanol–water partition coefficient (Wildman–Crippen LogP) is 0.943. The van der Waals surface area contributed by atoms with Crippen molar-refractivity contribution in [1.29, 1.82) is 0 Å². The zero-order valence-corrected chi connectivity index (χ0v) is 10.1. The molecule has 0 aliphatic rings. The quantitative estimate of drug-likeness (QED) is 0.839. The Hall–Kier alpha value is -2.21. The number of nitrogens with zero attached hydrogens (tertiary/aromatic N) is 3. The van der Waals surface area contributed by atoms with E-state index in [0.717, 1.165) is 5.69 Å². The first kappa shape index (κ1) is 12.3. The van der Waals surface area contributed by atoms with Crippen molar-refractivity contribution in [3.63, 3.8) is 0 Å². The minimum atomic E-state index is -0.506. The van der Waals surface area contributed by atoms with Crippen LogP contribution in [0.25, 0.3) is 5.69 Å². The van der Waals surface area contributed by atoms with Crippen LogP contribution in [0.3, 0.4) is 0 Å². The minimum absolute atomic E-state index is 0.204. The van der Waals surface area contributed by atoms with E-state index < -0.39 is 6.04 Å². The number of nitrogens with two attached hydrogens (primary N) is 1. The lowest BCUT2D eigenvalue weighted by Crippen LogP contribution is -2.35. The first-order valence-electron chi connectivity index (χ1n) is 5.73. The number of para-hydroxylation sites is 2. The van der Waals surface area contributed by atoms with Crippen molar-refractivity contribution in [2.45, 2.75) is 19.4 Å². The molecule has 0 radical (unpaired) electrons. The van der Waals surface area contributed by atoms with Crippen LogP contribution in [-0.2, 0) is 4.79 Å². The highest BCUT2D eigenvalue weighted by Gasteiger charge is 2.13. The van der Waals surface area contributed by atoms with Gasteiger partial charge in [0.25, 0.3) is 0 Å². The summed E-state index contributed by atoms with van der Waals surface area (Å²) >= 11 is 0. The molecule has 1 amide bonds. The number of aromatic nitrogens is 3. The number of benzene rings is 1. The molecule has 0 saturated carbocycles. The third-order valence-corrected chi connectivity index (χ3v) is 2.60. The molecule has 0 aliphatic heterocycles. The van der Waals surface area contributed by atoms with Gasteiger partial charge in [-0.25, -0.2) is 9.67 Å². The van der Waals surface area contributed by atoms with E-state index >= 15 is 0 Å². The van der Waals surface area contributed by atoms with Gasteiger partial charge in [0, 0.05) is 0 Å². The van der Waals surface area contributed by atoms with E-state index in [2.05, 4.69) is 15.4 Å². The van der Waals surface area contributed by atoms with Crippen LogP contribution in [0.4, 0.5) is 5.69 Å². The second kappa shape index (κ2) is 5.42. The first-order chi connectivity index (χ1) is 8.72. The third-order valence-electron chi connectivity index (χ3n) is 2.60. The normalized spacial score (nSPS) is 12.1. The molecular weight excluding hydrogens is 230 g/mol. The highest BCUT2D eigenvalue weighted by molar-refractivity contribution is 5.96. The summed E-state index contributed by atoms with van der Waals surface area (Å²) in [6.07, 6.45) is 3.61. The SMILES string of the molecule is CCC(N)C(=O)Nc1ccccc1-n1cncn1. The highest BCUT2D eigenvalue weighted by atomic mass is 16.2. The maximum absolute atomic E-state index is 11.8. The molecule has 1 unspecified atom stereocenters. The number of hydrogen-bond donors (Lipinski definition) is 2. The van der Waals surface area contributed by atoms with E-state index in [0.29, 0.717) is 12.1 Å². The number of nitrogens with one attached hydrogen (secondary N) is 1. The molecule has 0 aliphatic carbocycles. The smallest absolute Gasteiger partial charge is 0.241 e. The number of rotatable bonds is 4. The van der Waals surface area contributed by atoms with Crippen LogP contribution in [0.5, 0.6) is 0 Å². The van der Waals surface area contributed by atoms with Crippen molar-refractivity contribution >= 4 is 11.6 Å². The van der Waals surface area contributed by atoms with Crippen LogP contribution in [0.1, 0.15) is 13.3 Å². The van der Waals surface area contributed by atoms with E-state index in [-0.39, 0.29) is 5.91 Å². The fourth-order valence-corrected chi connectivity index (χ4v) is 1.52. The summed E-state index contributed by atoms with van der Waals surface area (Å²) < 4.78 is 1.59. The van der Waals surface area contributed by atoms with Gasteiger partial charge < -0.3 is 11.1 Å². The Balaban J connectivity index is 2.26. The van der Waals surface area contributed by atoms with E-state index in [1.54, 1.807) is 17.1 Å². The fourth-order valence-electron chi connectivity index (χ4n) is 1.52. The number of amides is 1. The lowest BCUT2D eigenvalue weighted by molar-refractivity contribution is -0.117. The van der Waals surface area contributed by atoms with Crippen LogP contribution < -0.4 is 11.1 Å². The summed E-state index contributed by atoms with van der Waals surface area (Å²) in [6, 6.07) is 6.85. The lowest BCUT2D eigenvalue weighted by Gasteiger charge is -2.13. The molecule has 2 rings (SSSR count). The Bertz CT molecular complexity index is 523. The second-order valence-electron chi connectivity index (χ2n) is 3.86. The molecule has 0 spiro atoms. The minimum Gasteiger partial charge on any atom is -0.323 e. The maximum Gasteiger partial charge on any atom is 0.241 e. The molecule has 1 aromatic carbocycles. The number of carbonyl (C=O) groups excluding carboxylic acids is 1. The Morgan fingerprint density at radius 1 is 1.50 bits per heavy atom. The topological polar surface area (TPSA) is 85.8 Å². The van der Waals surface area contributed by atoms with Crippen LogP contribution in [0.15, 0.2) is 36.9 Å². The fraction of sp³-hybridized carbons (Fsp3) is 0.250. The predicted molar refractivity (Wildman–Crippen MR) is 68.3 cm³/mol. The zero-order valence-electron chi connectivity index (χ0n) is 10.1. The molecular formula is C12H15N5O. The molecule has 1 heterocycles. The van der Waals surface area contributed by atoms with Crippen molar-refractivity contribution in [1.82, 2.24) is 14.8 Å². The Morgan fingerprint density at radius 3 is 2.94 bits per heavy atom. The Kier molecular flexibility index (Phi) is 3.69. The average Bonchev–Trinajstić information content (AvgIpc) is 2.92. The molecule has 1 aromatic heterocycles. The van der Waals surface area contributed by atoms with E-state index in [1.807, 2.05) is 25.1 Å². The second-order valence-corrected chi connectivity index (χ2v) is 3.86. The molecule has 1 atom stereocenters. The number of carbonyl (C=O) groups is 1. The van der Waals surface area contributed by atoms with E-state index in [4.69, 9.17) is 5.73 Å². The summed E-state index contributed by atoms with van der Waals surface area (Å²) in [5.41, 5.74) is 7.11. The third kappa shape index (κ3) is 2.54. The van der Waals surface area contributed by atoms with Crippen LogP contribution in [0, 0.1) is 0 Å². The van der Waals surface area contributed by atoms with Gasteiger partial charge >= 0.3 is 0 Å². The molecule has 6 nitrogen and oxygen atoms in total. The first-order valence-corrected chi connectivity index (χ1v) is 5.73. The van der Waals surface area contributed by atoms with Crippen molar-refractivity contribution in [3.8, 4) is 5.69 Å². The Morgan fingerprint density at radius 2 is 2.28 bits per heavy atom. The Labute approximate surface area is 105 Å². The molecule has 2 aromatic rings. The van der Waals surface area contributed by atoms with Crippen molar-refractivity contribution in [2.24, 2.45) is 5.73 Å². The summed E-state index contributed by atoms with van der Waals surface area (Å²) in [7, 11) is 0. The zero-order chi connectivity index (χ0) is 13.0. The molecule has 3 N–H and O–H groups in total. The molecule has 18 heavy (non-hydrogen) atoms. The molecule has 94 valence electrons. The van der Waals surface area contributed by atoms with Gasteiger partial charge in [-0.1, -0.05) is 19.1 Å². The summed E-state index contributed by atoms with van der Waals surface area (Å²) in [6.45, 7) is 1.87. The average molecular weight is 245 g/mol. The van der Waals surface area contributed by atoms with Gasteiger partial charge in [-0.2, -0.15) is 5.10 Å². The van der Waals surface area contributed by atoms with Gasteiger partial charge in [-0.3, -0.25) is 4.79 Å². The standard InChI is InChI=1S/C12H15N5O/c1-2-9(13)12(18)16-10-5-3-4-6-11(10)17-8-14-7-15-17/h3-9H,2,13H2,1H3,(H,16,18). The highest BCUT2D eigenvalue weighted by Crippen LogP contribution is 2.18. The van der Waals surface area contributed by atoms with Gasteiger partial charge in [0.1, 0.15) is 12.7 Å². The summed E-state index contributed by atoms with van der Waals surface area (Å²) in [5, 5.41) is 6.84. The van der Waals surface area contributed by atoms with Crippen LogP contribution >= 0.6 is 0 Å². The largest absolute Gasteiger partial charge is 0.323 e. The number of hydrogen-bond acceptors (Lipinski definition) is 4. The van der Waals surface area contributed by atoms with E-state index in [1.165, 1.54) is 6.33 Å². The van der Waals surface area contributed by atoms with E-state index in [9.17, 15) is 4.79 Å². The van der Waals surface area contributed by atoms with Crippen molar-refractivity contribution in [2.75, 3.05) is 5.32 Å². The summed E-state index contributed by atoms with van der Waals surface area (Å²) in [4.78, 5) is 15.7. The van der Waals surface area contributed by atoms with Crippen molar-refractivity contribution in [3.05, 3.63) is 36.9 Å². The van der Waals surface area contributed by atoms with Gasteiger partial charge in [0.15, 0.2) is 0 Å². The van der Waals surface area contributed by atoms with Crippen LogP contribution in [-0.4, -0.2) is 26.7 Å². The molecule has 6 heteroatoms. The maximum atomic E-state index is 11.8. The monoisotopic (exact) mass is 245 g/mol. The van der Waals surface area contributed by atoms with Gasteiger partial charge in [0.05, 0.1) is 17.4 Å². The van der Waals surface area contributed by atoms with Gasteiger partial charge in [0.2, 0.25) is 5.91 Å².